The third kappa shape index (κ3) is 5.88. The van der Waals surface area contributed by atoms with Crippen LogP contribution in [0.15, 0.2) is 47.4 Å². The van der Waals surface area contributed by atoms with Crippen LogP contribution in [0.1, 0.15) is 35.3 Å². The number of nitrogens with zero attached hydrogens (tertiary/aromatic N) is 1. The summed E-state index contributed by atoms with van der Waals surface area (Å²) >= 11 is 0. The molecule has 0 saturated heterocycles. The van der Waals surface area contributed by atoms with Crippen molar-refractivity contribution in [3.05, 3.63) is 59.2 Å². The molecule has 0 atom stereocenters. The Morgan fingerprint density at radius 1 is 1.03 bits per heavy atom. The van der Waals surface area contributed by atoms with Gasteiger partial charge in [0, 0.05) is 18.8 Å². The molecule has 0 heterocycles. The van der Waals surface area contributed by atoms with Gasteiger partial charge >= 0.3 is 5.97 Å². The van der Waals surface area contributed by atoms with E-state index in [0.717, 1.165) is 11.1 Å². The Hall–Kier alpha value is -2.71. The van der Waals surface area contributed by atoms with E-state index in [1.165, 1.54) is 35.6 Å². The standard InChI is InChI=1S/C21H26N2O5S/c1-14(2)23(5)29(26,27)19-8-6-18(7-9-19)22-20(24)13-28-21(25)17-11-15(3)10-16(4)12-17/h6-12,14H,13H2,1-5H3,(H,22,24). The number of ether oxygens (including phenoxy) is 1. The summed E-state index contributed by atoms with van der Waals surface area (Å²) in [6, 6.07) is 11.0. The molecule has 0 bridgehead atoms. The van der Waals surface area contributed by atoms with Gasteiger partial charge in [0.25, 0.3) is 5.91 Å². The van der Waals surface area contributed by atoms with Crippen molar-refractivity contribution >= 4 is 27.6 Å². The number of amides is 1. The van der Waals surface area contributed by atoms with E-state index >= 15 is 0 Å². The van der Waals surface area contributed by atoms with Gasteiger partial charge in [0.1, 0.15) is 0 Å². The summed E-state index contributed by atoms with van der Waals surface area (Å²) in [6.07, 6.45) is 0. The van der Waals surface area contributed by atoms with E-state index in [1.54, 1.807) is 26.0 Å². The van der Waals surface area contributed by atoms with Crippen LogP contribution in [0.5, 0.6) is 0 Å². The number of benzene rings is 2. The second-order valence-electron chi connectivity index (χ2n) is 7.14. The van der Waals surface area contributed by atoms with Crippen molar-refractivity contribution < 1.29 is 22.7 Å². The number of aryl methyl sites for hydroxylation is 2. The van der Waals surface area contributed by atoms with Gasteiger partial charge in [-0.2, -0.15) is 4.31 Å². The molecule has 0 saturated carbocycles. The van der Waals surface area contributed by atoms with Crippen molar-refractivity contribution in [1.82, 2.24) is 4.31 Å². The van der Waals surface area contributed by atoms with Gasteiger partial charge in [-0.3, -0.25) is 4.79 Å². The lowest BCUT2D eigenvalue weighted by molar-refractivity contribution is -0.119. The highest BCUT2D eigenvalue weighted by atomic mass is 32.2. The first-order valence-electron chi connectivity index (χ1n) is 9.14. The fourth-order valence-corrected chi connectivity index (χ4v) is 4.03. The van der Waals surface area contributed by atoms with Gasteiger partial charge in [0.15, 0.2) is 6.61 Å². The van der Waals surface area contributed by atoms with E-state index in [-0.39, 0.29) is 10.9 Å². The van der Waals surface area contributed by atoms with E-state index in [4.69, 9.17) is 4.74 Å². The smallest absolute Gasteiger partial charge is 0.338 e. The first-order valence-corrected chi connectivity index (χ1v) is 10.6. The number of hydrogen-bond acceptors (Lipinski definition) is 5. The summed E-state index contributed by atoms with van der Waals surface area (Å²) < 4.78 is 31.2. The zero-order valence-electron chi connectivity index (χ0n) is 17.2. The van der Waals surface area contributed by atoms with Crippen molar-refractivity contribution in [3.8, 4) is 0 Å². The van der Waals surface area contributed by atoms with Gasteiger partial charge < -0.3 is 10.1 Å². The van der Waals surface area contributed by atoms with E-state index in [0.29, 0.717) is 11.3 Å². The van der Waals surface area contributed by atoms with Crippen molar-refractivity contribution in [2.45, 2.75) is 38.6 Å². The summed E-state index contributed by atoms with van der Waals surface area (Å²) in [7, 11) is -2.08. The van der Waals surface area contributed by atoms with Gasteiger partial charge in [-0.05, 0) is 64.1 Å². The summed E-state index contributed by atoms with van der Waals surface area (Å²) in [4.78, 5) is 24.3. The fourth-order valence-electron chi connectivity index (χ4n) is 2.66. The summed E-state index contributed by atoms with van der Waals surface area (Å²) in [5, 5.41) is 2.58. The van der Waals surface area contributed by atoms with E-state index in [9.17, 15) is 18.0 Å². The highest BCUT2D eigenvalue weighted by Crippen LogP contribution is 2.19. The molecule has 2 aromatic carbocycles. The zero-order chi connectivity index (χ0) is 21.8. The minimum absolute atomic E-state index is 0.132. The van der Waals surface area contributed by atoms with Crippen molar-refractivity contribution in [3.63, 3.8) is 0 Å². The highest BCUT2D eigenvalue weighted by molar-refractivity contribution is 7.89. The minimum Gasteiger partial charge on any atom is -0.452 e. The van der Waals surface area contributed by atoms with Crippen LogP contribution in [0, 0.1) is 13.8 Å². The lowest BCUT2D eigenvalue weighted by Crippen LogP contribution is -2.33. The van der Waals surface area contributed by atoms with Crippen LogP contribution in [0.25, 0.3) is 0 Å². The van der Waals surface area contributed by atoms with Crippen LogP contribution in [0.3, 0.4) is 0 Å². The molecule has 0 unspecified atom stereocenters. The molecule has 29 heavy (non-hydrogen) atoms. The molecule has 2 aromatic rings. The van der Waals surface area contributed by atoms with Gasteiger partial charge in [-0.15, -0.1) is 0 Å². The van der Waals surface area contributed by atoms with Gasteiger partial charge in [-0.1, -0.05) is 17.2 Å². The summed E-state index contributed by atoms with van der Waals surface area (Å²) in [5.41, 5.74) is 2.65. The first-order chi connectivity index (χ1) is 13.5. The number of carbonyl (C=O) groups excluding carboxylic acids is 2. The van der Waals surface area contributed by atoms with Crippen LogP contribution < -0.4 is 5.32 Å². The lowest BCUT2D eigenvalue weighted by Gasteiger charge is -2.21. The van der Waals surface area contributed by atoms with Crippen LogP contribution >= 0.6 is 0 Å². The second-order valence-corrected chi connectivity index (χ2v) is 9.14. The van der Waals surface area contributed by atoms with Crippen LogP contribution in [0.2, 0.25) is 0 Å². The number of nitrogens with one attached hydrogen (secondary N) is 1. The maximum absolute atomic E-state index is 12.4. The average Bonchev–Trinajstić information content (AvgIpc) is 2.65. The molecule has 1 amide bonds. The molecule has 0 aliphatic heterocycles. The van der Waals surface area contributed by atoms with Gasteiger partial charge in [-0.25, -0.2) is 13.2 Å². The van der Waals surface area contributed by atoms with Crippen molar-refractivity contribution in [2.75, 3.05) is 19.0 Å². The van der Waals surface area contributed by atoms with E-state index in [2.05, 4.69) is 5.32 Å². The molecule has 0 aromatic heterocycles. The molecular weight excluding hydrogens is 392 g/mol. The lowest BCUT2D eigenvalue weighted by atomic mass is 10.1. The number of anilines is 1. The predicted octanol–water partition coefficient (Wildman–Crippen LogP) is 3.13. The van der Waals surface area contributed by atoms with E-state index < -0.39 is 28.5 Å². The molecular formula is C21H26N2O5S. The Kier molecular flexibility index (Phi) is 7.16. The van der Waals surface area contributed by atoms with Crippen LogP contribution in [-0.4, -0.2) is 44.3 Å². The minimum atomic E-state index is -3.59. The quantitative estimate of drug-likeness (QED) is 0.698. The number of carbonyl (C=O) groups is 2. The number of sulfonamides is 1. The molecule has 0 spiro atoms. The highest BCUT2D eigenvalue weighted by Gasteiger charge is 2.22. The molecule has 8 heteroatoms. The normalized spacial score (nSPS) is 11.6. The number of esters is 1. The topological polar surface area (TPSA) is 92.8 Å². The Balaban J connectivity index is 1.96. The van der Waals surface area contributed by atoms with Gasteiger partial charge in [0.05, 0.1) is 10.5 Å². The first kappa shape index (κ1) is 22.6. The molecule has 7 nitrogen and oxygen atoms in total. The molecule has 0 fully saturated rings. The molecule has 2 rings (SSSR count). The average molecular weight is 419 g/mol. The molecule has 156 valence electrons. The molecule has 1 N–H and O–H groups in total. The molecule has 0 radical (unpaired) electrons. The Labute approximate surface area is 171 Å². The Morgan fingerprint density at radius 3 is 2.10 bits per heavy atom. The SMILES string of the molecule is Cc1cc(C)cc(C(=O)OCC(=O)Nc2ccc(S(=O)(=O)N(C)C(C)C)cc2)c1. The zero-order valence-corrected chi connectivity index (χ0v) is 18.0. The van der Waals surface area contributed by atoms with Gasteiger partial charge in [0.2, 0.25) is 10.0 Å². The monoisotopic (exact) mass is 418 g/mol. The van der Waals surface area contributed by atoms with E-state index in [1.807, 2.05) is 19.9 Å². The largest absolute Gasteiger partial charge is 0.452 e. The summed E-state index contributed by atoms with van der Waals surface area (Å²) in [5.74, 6) is -1.09. The summed E-state index contributed by atoms with van der Waals surface area (Å²) in [6.45, 7) is 6.87. The van der Waals surface area contributed by atoms with Crippen LogP contribution in [-0.2, 0) is 19.6 Å². The maximum atomic E-state index is 12.4. The maximum Gasteiger partial charge on any atom is 0.338 e. The number of rotatable bonds is 7. The predicted molar refractivity (Wildman–Crippen MR) is 111 cm³/mol. The van der Waals surface area contributed by atoms with Crippen LogP contribution in [0.4, 0.5) is 5.69 Å². The molecule has 0 aliphatic carbocycles. The molecule has 0 aliphatic rings. The van der Waals surface area contributed by atoms with Crippen molar-refractivity contribution in [2.24, 2.45) is 0 Å². The Morgan fingerprint density at radius 2 is 1.59 bits per heavy atom. The van der Waals surface area contributed by atoms with Crippen molar-refractivity contribution in [1.29, 1.82) is 0 Å². The third-order valence-electron chi connectivity index (χ3n) is 4.33. The third-order valence-corrected chi connectivity index (χ3v) is 6.38. The fraction of sp³-hybridized carbons (Fsp3) is 0.333. The second kappa shape index (κ2) is 9.19. The number of hydrogen-bond donors (Lipinski definition) is 1. The Bertz CT molecular complexity index is 978.